The smallest absolute Gasteiger partial charge is 0.200 e. The number of carbonyl (C=O) groups excluding carboxylic acids is 1. The maximum atomic E-state index is 13.1. The van der Waals surface area contributed by atoms with Crippen LogP contribution in [0.25, 0.3) is 0 Å². The molecular weight excluding hydrogens is 352 g/mol. The van der Waals surface area contributed by atoms with E-state index in [0.717, 1.165) is 11.1 Å². The Bertz CT molecular complexity index is 866. The highest BCUT2D eigenvalue weighted by Crippen LogP contribution is 2.44. The van der Waals surface area contributed by atoms with Crippen molar-refractivity contribution >= 4 is 5.78 Å². The van der Waals surface area contributed by atoms with Crippen molar-refractivity contribution in [3.63, 3.8) is 0 Å². The first-order chi connectivity index (χ1) is 13.3. The van der Waals surface area contributed by atoms with Gasteiger partial charge < -0.3 is 14.9 Å². The van der Waals surface area contributed by atoms with Crippen LogP contribution in [-0.2, 0) is 12.8 Å². The number of rotatable bonds is 7. The van der Waals surface area contributed by atoms with E-state index in [0.29, 0.717) is 35.3 Å². The first-order valence-corrected chi connectivity index (χ1v) is 9.28. The van der Waals surface area contributed by atoms with Crippen molar-refractivity contribution in [3.8, 4) is 17.2 Å². The predicted molar refractivity (Wildman–Crippen MR) is 112 cm³/mol. The Kier molecular flexibility index (Phi) is 7.05. The Labute approximate surface area is 166 Å². The standard InChI is InChI=1S/C24H28O4/c1-15(2)11-13-18-22(26)20(21(25)17-9-7-6-8-10-17)23(27)19(24(18)28-5)14-12-16(3)4/h6-12,26-27H,13-14H2,1-5H3. The number of hydrogen-bond donors (Lipinski definition) is 2. The van der Waals surface area contributed by atoms with E-state index < -0.39 is 5.78 Å². The SMILES string of the molecule is COc1c(CC=C(C)C)c(O)c(C(=O)c2ccccc2)c(O)c1CC=C(C)C. The van der Waals surface area contributed by atoms with Gasteiger partial charge in [-0.2, -0.15) is 0 Å². The van der Waals surface area contributed by atoms with Gasteiger partial charge in [-0.15, -0.1) is 0 Å². The van der Waals surface area contributed by atoms with Crippen molar-refractivity contribution in [1.82, 2.24) is 0 Å². The third-order valence-electron chi connectivity index (χ3n) is 4.49. The van der Waals surface area contributed by atoms with Crippen LogP contribution >= 0.6 is 0 Å². The summed E-state index contributed by atoms with van der Waals surface area (Å²) in [6, 6.07) is 8.64. The number of ketones is 1. The summed E-state index contributed by atoms with van der Waals surface area (Å²) in [6.07, 6.45) is 4.70. The molecule has 0 aliphatic carbocycles. The van der Waals surface area contributed by atoms with Gasteiger partial charge in [-0.1, -0.05) is 53.6 Å². The summed E-state index contributed by atoms with van der Waals surface area (Å²) in [5, 5.41) is 21.8. The van der Waals surface area contributed by atoms with Crippen molar-refractivity contribution in [1.29, 1.82) is 0 Å². The molecule has 0 bridgehead atoms. The summed E-state index contributed by atoms with van der Waals surface area (Å²) in [6.45, 7) is 7.85. The molecule has 2 rings (SSSR count). The summed E-state index contributed by atoms with van der Waals surface area (Å²) in [5.41, 5.74) is 3.48. The van der Waals surface area contributed by atoms with E-state index >= 15 is 0 Å². The third-order valence-corrected chi connectivity index (χ3v) is 4.49. The lowest BCUT2D eigenvalue weighted by Gasteiger charge is -2.19. The van der Waals surface area contributed by atoms with E-state index in [1.807, 2.05) is 45.9 Å². The van der Waals surface area contributed by atoms with E-state index in [2.05, 4.69) is 0 Å². The van der Waals surface area contributed by atoms with Gasteiger partial charge in [0.05, 0.1) is 7.11 Å². The highest BCUT2D eigenvalue weighted by Gasteiger charge is 2.28. The Balaban J connectivity index is 2.77. The predicted octanol–water partition coefficient (Wildman–Crippen LogP) is 5.35. The number of carbonyl (C=O) groups is 1. The molecule has 0 aromatic heterocycles. The van der Waals surface area contributed by atoms with Crippen LogP contribution in [0, 0.1) is 0 Å². The average molecular weight is 380 g/mol. The summed E-state index contributed by atoms with van der Waals surface area (Å²) in [4.78, 5) is 13.1. The van der Waals surface area contributed by atoms with Gasteiger partial charge in [-0.3, -0.25) is 4.79 Å². The lowest BCUT2D eigenvalue weighted by molar-refractivity contribution is 0.103. The van der Waals surface area contributed by atoms with Crippen molar-refractivity contribution in [2.24, 2.45) is 0 Å². The van der Waals surface area contributed by atoms with Crippen molar-refractivity contribution in [2.75, 3.05) is 7.11 Å². The Hall–Kier alpha value is -3.01. The molecule has 0 spiro atoms. The summed E-state index contributed by atoms with van der Waals surface area (Å²) in [5.74, 6) is -0.479. The zero-order chi connectivity index (χ0) is 20.8. The number of benzene rings is 2. The van der Waals surface area contributed by atoms with E-state index in [9.17, 15) is 15.0 Å². The number of ether oxygens (including phenoxy) is 1. The Morgan fingerprint density at radius 2 is 1.36 bits per heavy atom. The molecule has 0 aliphatic rings. The minimum atomic E-state index is -0.421. The van der Waals surface area contributed by atoms with Crippen molar-refractivity contribution in [3.05, 3.63) is 75.9 Å². The van der Waals surface area contributed by atoms with Gasteiger partial charge in [0.1, 0.15) is 22.8 Å². The molecule has 0 atom stereocenters. The van der Waals surface area contributed by atoms with Crippen LogP contribution in [0.5, 0.6) is 17.2 Å². The third kappa shape index (κ3) is 4.63. The fourth-order valence-corrected chi connectivity index (χ4v) is 3.00. The van der Waals surface area contributed by atoms with Gasteiger partial charge in [0.25, 0.3) is 0 Å². The van der Waals surface area contributed by atoms with Crippen LogP contribution in [0.3, 0.4) is 0 Å². The maximum absolute atomic E-state index is 13.1. The first-order valence-electron chi connectivity index (χ1n) is 9.28. The van der Waals surface area contributed by atoms with Crippen LogP contribution in [0.4, 0.5) is 0 Å². The van der Waals surface area contributed by atoms with E-state index in [-0.39, 0.29) is 17.1 Å². The van der Waals surface area contributed by atoms with E-state index in [1.165, 1.54) is 7.11 Å². The van der Waals surface area contributed by atoms with Crippen LogP contribution in [0.15, 0.2) is 53.6 Å². The minimum Gasteiger partial charge on any atom is -0.507 e. The molecule has 0 heterocycles. The average Bonchev–Trinajstić information content (AvgIpc) is 2.66. The highest BCUT2D eigenvalue weighted by molar-refractivity contribution is 6.13. The van der Waals surface area contributed by atoms with E-state index in [4.69, 9.17) is 4.74 Å². The molecule has 0 fully saturated rings. The number of phenolic OH excluding ortho intramolecular Hbond substituents is 2. The maximum Gasteiger partial charge on any atom is 0.200 e. The lowest BCUT2D eigenvalue weighted by Crippen LogP contribution is -2.08. The molecule has 2 N–H and O–H groups in total. The fourth-order valence-electron chi connectivity index (χ4n) is 3.00. The topological polar surface area (TPSA) is 66.8 Å². The van der Waals surface area contributed by atoms with Gasteiger partial charge >= 0.3 is 0 Å². The van der Waals surface area contributed by atoms with Crippen LogP contribution in [0.2, 0.25) is 0 Å². The molecule has 2 aromatic rings. The van der Waals surface area contributed by atoms with Gasteiger partial charge in [0, 0.05) is 16.7 Å². The molecule has 0 saturated heterocycles. The molecule has 0 unspecified atom stereocenters. The largest absolute Gasteiger partial charge is 0.507 e. The number of phenols is 2. The summed E-state index contributed by atoms with van der Waals surface area (Å²) in [7, 11) is 1.50. The van der Waals surface area contributed by atoms with E-state index in [1.54, 1.807) is 24.3 Å². The van der Waals surface area contributed by atoms with Gasteiger partial charge in [0.2, 0.25) is 5.78 Å². The van der Waals surface area contributed by atoms with Crippen LogP contribution in [0.1, 0.15) is 54.7 Å². The monoisotopic (exact) mass is 380 g/mol. The lowest BCUT2D eigenvalue weighted by atomic mass is 9.91. The molecule has 0 radical (unpaired) electrons. The van der Waals surface area contributed by atoms with Gasteiger partial charge in [-0.25, -0.2) is 0 Å². The minimum absolute atomic E-state index is 0.0821. The quantitative estimate of drug-likeness (QED) is 0.502. The molecule has 4 nitrogen and oxygen atoms in total. The van der Waals surface area contributed by atoms with Crippen LogP contribution in [-0.4, -0.2) is 23.1 Å². The zero-order valence-electron chi connectivity index (χ0n) is 17.2. The normalized spacial score (nSPS) is 10.3. The molecule has 2 aromatic carbocycles. The molecule has 28 heavy (non-hydrogen) atoms. The molecule has 0 amide bonds. The van der Waals surface area contributed by atoms with Gasteiger partial charge in [-0.05, 0) is 40.5 Å². The summed E-state index contributed by atoms with van der Waals surface area (Å²) >= 11 is 0. The molecule has 4 heteroatoms. The second-order valence-corrected chi connectivity index (χ2v) is 7.23. The Morgan fingerprint density at radius 1 is 0.893 bits per heavy atom. The number of allylic oxidation sites excluding steroid dienone is 4. The fraction of sp³-hybridized carbons (Fsp3) is 0.292. The number of hydrogen-bond acceptors (Lipinski definition) is 4. The van der Waals surface area contributed by atoms with Gasteiger partial charge in [0.15, 0.2) is 0 Å². The van der Waals surface area contributed by atoms with Crippen molar-refractivity contribution in [2.45, 2.75) is 40.5 Å². The number of aromatic hydroxyl groups is 2. The summed E-state index contributed by atoms with van der Waals surface area (Å²) < 4.78 is 5.55. The zero-order valence-corrected chi connectivity index (χ0v) is 17.2. The second kappa shape index (κ2) is 9.27. The highest BCUT2D eigenvalue weighted by atomic mass is 16.5. The first kappa shape index (κ1) is 21.3. The van der Waals surface area contributed by atoms with Crippen LogP contribution < -0.4 is 4.74 Å². The molecule has 0 saturated carbocycles. The second-order valence-electron chi connectivity index (χ2n) is 7.23. The molecular formula is C24H28O4. The molecule has 0 aliphatic heterocycles. The molecule has 148 valence electrons. The van der Waals surface area contributed by atoms with Crippen molar-refractivity contribution < 1.29 is 19.7 Å². The Morgan fingerprint density at radius 3 is 1.75 bits per heavy atom. The number of methoxy groups -OCH3 is 1.